The van der Waals surface area contributed by atoms with Crippen LogP contribution in [0.2, 0.25) is 0 Å². The minimum absolute atomic E-state index is 0.0495. The van der Waals surface area contributed by atoms with Crippen molar-refractivity contribution >= 4 is 11.8 Å². The van der Waals surface area contributed by atoms with Crippen LogP contribution >= 0.6 is 0 Å². The predicted octanol–water partition coefficient (Wildman–Crippen LogP) is 1.95. The summed E-state index contributed by atoms with van der Waals surface area (Å²) in [7, 11) is 0. The first-order chi connectivity index (χ1) is 12.2. The monoisotopic (exact) mass is 341 g/mol. The molecule has 3 aliphatic rings. The van der Waals surface area contributed by atoms with Gasteiger partial charge in [-0.05, 0) is 18.4 Å². The first-order valence-electron chi connectivity index (χ1n) is 9.51. The van der Waals surface area contributed by atoms with Crippen LogP contribution in [-0.4, -0.2) is 54.3 Å². The van der Waals surface area contributed by atoms with Gasteiger partial charge in [0.15, 0.2) is 0 Å². The second-order valence-electron chi connectivity index (χ2n) is 7.81. The van der Waals surface area contributed by atoms with E-state index in [2.05, 4.69) is 40.5 Å². The summed E-state index contributed by atoms with van der Waals surface area (Å²) < 4.78 is 0. The summed E-state index contributed by atoms with van der Waals surface area (Å²) in [5.41, 5.74) is 1.68. The molecule has 1 unspecified atom stereocenters. The van der Waals surface area contributed by atoms with Gasteiger partial charge in [-0.25, -0.2) is 0 Å². The lowest BCUT2D eigenvalue weighted by Gasteiger charge is -2.60. The molecule has 1 aromatic carbocycles. The molecule has 0 bridgehead atoms. The Balaban J connectivity index is 1.49. The first-order valence-corrected chi connectivity index (χ1v) is 9.51. The third kappa shape index (κ3) is 3.17. The molecule has 2 saturated heterocycles. The number of piperazine rings is 1. The average molecular weight is 341 g/mol. The number of carbonyl (C=O) groups excluding carboxylic acids is 2. The third-order valence-electron chi connectivity index (χ3n) is 6.16. The molecule has 5 heteroatoms. The van der Waals surface area contributed by atoms with Crippen LogP contribution < -0.4 is 5.32 Å². The predicted molar refractivity (Wildman–Crippen MR) is 95.9 cm³/mol. The summed E-state index contributed by atoms with van der Waals surface area (Å²) >= 11 is 0. The van der Waals surface area contributed by atoms with E-state index < -0.39 is 0 Å². The van der Waals surface area contributed by atoms with Crippen LogP contribution in [0.25, 0.3) is 0 Å². The Hall–Kier alpha value is -1.88. The van der Waals surface area contributed by atoms with Gasteiger partial charge in [0.05, 0.1) is 13.1 Å². The van der Waals surface area contributed by atoms with E-state index >= 15 is 0 Å². The van der Waals surface area contributed by atoms with Crippen molar-refractivity contribution in [3.05, 3.63) is 35.9 Å². The molecule has 1 aromatic rings. The van der Waals surface area contributed by atoms with E-state index in [-0.39, 0.29) is 18.4 Å². The maximum Gasteiger partial charge on any atom is 0.239 e. The number of hydrogen-bond donors (Lipinski definition) is 1. The molecule has 2 heterocycles. The molecule has 1 atom stereocenters. The Morgan fingerprint density at radius 2 is 1.92 bits per heavy atom. The number of benzene rings is 1. The molecule has 134 valence electrons. The molecule has 4 rings (SSSR count). The normalized spacial score (nSPS) is 26.2. The zero-order valence-electron chi connectivity index (χ0n) is 14.7. The van der Waals surface area contributed by atoms with Crippen LogP contribution in [0.15, 0.2) is 30.3 Å². The van der Waals surface area contributed by atoms with Crippen molar-refractivity contribution in [1.29, 1.82) is 0 Å². The average Bonchev–Trinajstić information content (AvgIpc) is 2.63. The van der Waals surface area contributed by atoms with Crippen LogP contribution in [0.1, 0.15) is 43.7 Å². The highest BCUT2D eigenvalue weighted by molar-refractivity contribution is 5.86. The zero-order valence-corrected chi connectivity index (χ0v) is 14.7. The van der Waals surface area contributed by atoms with Gasteiger partial charge < -0.3 is 10.2 Å². The molecule has 2 aliphatic heterocycles. The zero-order chi connectivity index (χ0) is 17.3. The second kappa shape index (κ2) is 6.79. The maximum absolute atomic E-state index is 12.7. The lowest BCUT2D eigenvalue weighted by molar-refractivity contribution is -0.148. The van der Waals surface area contributed by atoms with Crippen LogP contribution in [0.3, 0.4) is 0 Å². The summed E-state index contributed by atoms with van der Waals surface area (Å²) in [6.07, 6.45) is 6.48. The number of amides is 2. The molecule has 1 aliphatic carbocycles. The van der Waals surface area contributed by atoms with Gasteiger partial charge in [-0.3, -0.25) is 14.5 Å². The standard InChI is InChI=1S/C20H27N3O2/c24-17-13-22(12-11-21-17)18(25)14-23-15-20(9-5-2-6-10-20)19(23)16-7-3-1-4-8-16/h1,3-4,7-8,19H,2,5-6,9-15H2,(H,21,24). The Bertz CT molecular complexity index is 640. The molecule has 2 amide bonds. The van der Waals surface area contributed by atoms with E-state index in [1.54, 1.807) is 4.90 Å². The SMILES string of the molecule is O=C1CN(C(=O)CN2CC3(CCCCC3)C2c2ccccc2)CCN1. The van der Waals surface area contributed by atoms with Gasteiger partial charge in [-0.15, -0.1) is 0 Å². The number of carbonyl (C=O) groups is 2. The second-order valence-corrected chi connectivity index (χ2v) is 7.81. The summed E-state index contributed by atoms with van der Waals surface area (Å²) in [6, 6.07) is 11.0. The van der Waals surface area contributed by atoms with E-state index in [0.717, 1.165) is 6.54 Å². The van der Waals surface area contributed by atoms with Crippen molar-refractivity contribution < 1.29 is 9.59 Å². The van der Waals surface area contributed by atoms with Gasteiger partial charge in [0.1, 0.15) is 0 Å². The molecular weight excluding hydrogens is 314 g/mol. The summed E-state index contributed by atoms with van der Waals surface area (Å²) in [5, 5.41) is 2.78. The third-order valence-corrected chi connectivity index (χ3v) is 6.16. The van der Waals surface area contributed by atoms with E-state index in [4.69, 9.17) is 0 Å². The Labute approximate surface area is 149 Å². The Kier molecular flexibility index (Phi) is 4.50. The molecule has 1 N–H and O–H groups in total. The van der Waals surface area contributed by atoms with E-state index in [0.29, 0.717) is 31.1 Å². The summed E-state index contributed by atoms with van der Waals surface area (Å²) in [5.74, 6) is 0.0352. The maximum atomic E-state index is 12.7. The van der Waals surface area contributed by atoms with Gasteiger partial charge in [-0.2, -0.15) is 0 Å². The van der Waals surface area contributed by atoms with Crippen LogP contribution in [0.5, 0.6) is 0 Å². The highest BCUT2D eigenvalue weighted by Crippen LogP contribution is 2.56. The van der Waals surface area contributed by atoms with Crippen molar-refractivity contribution in [3.63, 3.8) is 0 Å². The van der Waals surface area contributed by atoms with E-state index in [9.17, 15) is 9.59 Å². The van der Waals surface area contributed by atoms with Crippen LogP contribution in [-0.2, 0) is 9.59 Å². The fourth-order valence-electron chi connectivity index (χ4n) is 5.02. The number of nitrogens with one attached hydrogen (secondary N) is 1. The highest BCUT2D eigenvalue weighted by Gasteiger charge is 2.53. The minimum Gasteiger partial charge on any atom is -0.353 e. The Morgan fingerprint density at radius 3 is 2.64 bits per heavy atom. The fourth-order valence-corrected chi connectivity index (χ4v) is 5.02. The highest BCUT2D eigenvalue weighted by atomic mass is 16.2. The topological polar surface area (TPSA) is 52.7 Å². The molecule has 5 nitrogen and oxygen atoms in total. The molecule has 25 heavy (non-hydrogen) atoms. The molecule has 1 spiro atoms. The van der Waals surface area contributed by atoms with Crippen molar-refractivity contribution in [2.75, 3.05) is 32.7 Å². The van der Waals surface area contributed by atoms with Crippen molar-refractivity contribution in [2.24, 2.45) is 5.41 Å². The number of rotatable bonds is 3. The number of likely N-dealkylation sites (tertiary alicyclic amines) is 1. The summed E-state index contributed by atoms with van der Waals surface area (Å²) in [6.45, 7) is 2.83. The van der Waals surface area contributed by atoms with Gasteiger partial charge >= 0.3 is 0 Å². The number of nitrogens with zero attached hydrogens (tertiary/aromatic N) is 2. The van der Waals surface area contributed by atoms with E-state index in [1.165, 1.54) is 37.7 Å². The fraction of sp³-hybridized carbons (Fsp3) is 0.600. The minimum atomic E-state index is -0.0495. The quantitative estimate of drug-likeness (QED) is 0.914. The smallest absolute Gasteiger partial charge is 0.239 e. The summed E-state index contributed by atoms with van der Waals surface area (Å²) in [4.78, 5) is 28.3. The van der Waals surface area contributed by atoms with Crippen molar-refractivity contribution in [3.8, 4) is 0 Å². The molecule has 1 saturated carbocycles. The largest absolute Gasteiger partial charge is 0.353 e. The van der Waals surface area contributed by atoms with Crippen molar-refractivity contribution in [2.45, 2.75) is 38.1 Å². The van der Waals surface area contributed by atoms with Crippen LogP contribution in [0, 0.1) is 5.41 Å². The molecular formula is C20H27N3O2. The van der Waals surface area contributed by atoms with Crippen LogP contribution in [0.4, 0.5) is 0 Å². The lowest BCUT2D eigenvalue weighted by Crippen LogP contribution is -2.62. The van der Waals surface area contributed by atoms with Gasteiger partial charge in [-0.1, -0.05) is 49.6 Å². The molecule has 3 fully saturated rings. The van der Waals surface area contributed by atoms with E-state index in [1.807, 2.05) is 0 Å². The molecule has 0 aromatic heterocycles. The van der Waals surface area contributed by atoms with Gasteiger partial charge in [0.2, 0.25) is 11.8 Å². The van der Waals surface area contributed by atoms with Gasteiger partial charge in [0.25, 0.3) is 0 Å². The number of hydrogen-bond acceptors (Lipinski definition) is 3. The Morgan fingerprint density at radius 1 is 1.16 bits per heavy atom. The first kappa shape index (κ1) is 16.6. The van der Waals surface area contributed by atoms with Crippen molar-refractivity contribution in [1.82, 2.24) is 15.1 Å². The molecule has 0 radical (unpaired) electrons. The lowest BCUT2D eigenvalue weighted by atomic mass is 9.61. The van der Waals surface area contributed by atoms with Gasteiger partial charge in [0, 0.05) is 31.1 Å².